The number of hydrogen-bond acceptors (Lipinski definition) is 3. The largest absolute Gasteiger partial charge is 0.381 e. The number of amides is 1. The number of rotatable bonds is 9. The molecule has 0 radical (unpaired) electrons. The average molecular weight is 618 g/mol. The fraction of sp³-hybridized carbons (Fsp3) is 0.879. The second kappa shape index (κ2) is 16.2. The zero-order chi connectivity index (χ0) is 31.0. The normalized spacial score (nSPS) is 36.1. The monoisotopic (exact) mass is 617 g/mol. The average Bonchev–Trinajstić information content (AvgIpc) is 3.09. The Hall–Kier alpha value is -1.28. The molecule has 0 aromatic carbocycles. The summed E-state index contributed by atoms with van der Waals surface area (Å²) in [7, 11) is 1.71. The first kappa shape index (κ1) is 35.2. The van der Waals surface area contributed by atoms with Gasteiger partial charge in [-0.25, -0.2) is 18.2 Å². The van der Waals surface area contributed by atoms with Crippen molar-refractivity contribution in [2.24, 2.45) is 34.1 Å². The molecule has 3 aliphatic rings. The molecule has 2 N–H and O–H groups in total. The van der Waals surface area contributed by atoms with E-state index in [0.717, 1.165) is 19.3 Å². The van der Waals surface area contributed by atoms with Gasteiger partial charge in [0.1, 0.15) is 18.5 Å². The van der Waals surface area contributed by atoms with E-state index < -0.39 is 29.8 Å². The molecule has 0 aromatic rings. The molecule has 1 amide bonds. The number of nitrogens with zero attached hydrogens (tertiary/aromatic N) is 1. The van der Waals surface area contributed by atoms with E-state index in [9.17, 15) is 18.0 Å². The summed E-state index contributed by atoms with van der Waals surface area (Å²) < 4.78 is 49.0. The Morgan fingerprint density at radius 2 is 1.74 bits per heavy atom. The molecule has 0 aromatic heterocycles. The minimum Gasteiger partial charge on any atom is -0.381 e. The SMILES string of the molecule is CCCC1C=CC(C2CC(F)CC(F)C2)CC(N=C(NC(=O)C2CCC(Cl)C(F)C2)NC(C)CC(OC)C(C)(C)C)C1. The van der Waals surface area contributed by atoms with Gasteiger partial charge in [-0.15, -0.1) is 11.6 Å². The van der Waals surface area contributed by atoms with Crippen LogP contribution >= 0.6 is 11.6 Å². The van der Waals surface area contributed by atoms with Crippen molar-refractivity contribution in [3.63, 3.8) is 0 Å². The third-order valence-corrected chi connectivity index (χ3v) is 9.95. The minimum absolute atomic E-state index is 0.00658. The molecule has 0 aliphatic heterocycles. The molecule has 3 rings (SSSR count). The van der Waals surface area contributed by atoms with Gasteiger partial charge < -0.3 is 10.1 Å². The van der Waals surface area contributed by atoms with Crippen molar-refractivity contribution in [3.05, 3.63) is 12.2 Å². The minimum atomic E-state index is -1.21. The van der Waals surface area contributed by atoms with Crippen molar-refractivity contribution in [1.29, 1.82) is 0 Å². The highest BCUT2D eigenvalue weighted by molar-refractivity contribution is 6.21. The van der Waals surface area contributed by atoms with Crippen LogP contribution in [0, 0.1) is 29.1 Å². The van der Waals surface area contributed by atoms with E-state index in [1.54, 1.807) is 7.11 Å². The Balaban J connectivity index is 1.84. The number of ether oxygens (including phenoxy) is 1. The van der Waals surface area contributed by atoms with Crippen LogP contribution in [0.4, 0.5) is 13.2 Å². The lowest BCUT2D eigenvalue weighted by Crippen LogP contribution is -2.50. The van der Waals surface area contributed by atoms with Crippen LogP contribution in [0.3, 0.4) is 0 Å². The lowest BCUT2D eigenvalue weighted by atomic mass is 9.76. The van der Waals surface area contributed by atoms with E-state index in [4.69, 9.17) is 21.3 Å². The number of methoxy groups -OCH3 is 1. The molecule has 42 heavy (non-hydrogen) atoms. The first-order valence-corrected chi connectivity index (χ1v) is 16.6. The number of nitrogens with one attached hydrogen (secondary N) is 2. The summed E-state index contributed by atoms with van der Waals surface area (Å²) in [6.45, 7) is 10.6. The van der Waals surface area contributed by atoms with Crippen molar-refractivity contribution < 1.29 is 22.7 Å². The summed E-state index contributed by atoms with van der Waals surface area (Å²) in [6.07, 6.45) is 6.99. The number of carbonyl (C=O) groups is 1. The number of halogens is 4. The number of aliphatic imine (C=N–C) groups is 1. The van der Waals surface area contributed by atoms with E-state index in [2.05, 4.69) is 50.5 Å². The fourth-order valence-corrected chi connectivity index (χ4v) is 7.30. The van der Waals surface area contributed by atoms with Crippen LogP contribution in [0.1, 0.15) is 105 Å². The summed E-state index contributed by atoms with van der Waals surface area (Å²) in [5.74, 6) is -0.0726. The van der Waals surface area contributed by atoms with Crippen molar-refractivity contribution in [2.45, 2.75) is 147 Å². The molecule has 5 nitrogen and oxygen atoms in total. The van der Waals surface area contributed by atoms with Crippen LogP contribution in [-0.4, -0.2) is 61.1 Å². The molecule has 0 spiro atoms. The molecule has 9 heteroatoms. The van der Waals surface area contributed by atoms with Crippen LogP contribution in [0.25, 0.3) is 0 Å². The highest BCUT2D eigenvalue weighted by Gasteiger charge is 2.36. The number of carbonyl (C=O) groups excluding carboxylic acids is 1. The van der Waals surface area contributed by atoms with Gasteiger partial charge in [0.25, 0.3) is 0 Å². The summed E-state index contributed by atoms with van der Waals surface area (Å²) in [5.41, 5.74) is -0.0717. The van der Waals surface area contributed by atoms with Gasteiger partial charge in [0.2, 0.25) is 5.91 Å². The van der Waals surface area contributed by atoms with Gasteiger partial charge in [0.15, 0.2) is 5.96 Å². The Morgan fingerprint density at radius 3 is 2.33 bits per heavy atom. The van der Waals surface area contributed by atoms with E-state index >= 15 is 0 Å². The van der Waals surface area contributed by atoms with Gasteiger partial charge in [-0.2, -0.15) is 0 Å². The molecule has 2 fully saturated rings. The molecular weight excluding hydrogens is 563 g/mol. The predicted octanol–water partition coefficient (Wildman–Crippen LogP) is 7.86. The van der Waals surface area contributed by atoms with Crippen molar-refractivity contribution >= 4 is 23.5 Å². The molecule has 0 saturated heterocycles. The van der Waals surface area contributed by atoms with Gasteiger partial charge in [-0.3, -0.25) is 10.1 Å². The molecule has 0 heterocycles. The predicted molar refractivity (Wildman–Crippen MR) is 166 cm³/mol. The third kappa shape index (κ3) is 10.7. The maximum atomic E-state index is 14.4. The van der Waals surface area contributed by atoms with E-state index in [0.29, 0.717) is 50.4 Å². The van der Waals surface area contributed by atoms with E-state index in [1.807, 2.05) is 6.92 Å². The van der Waals surface area contributed by atoms with Gasteiger partial charge in [0.05, 0.1) is 17.5 Å². The summed E-state index contributed by atoms with van der Waals surface area (Å²) in [4.78, 5) is 18.5. The Labute approximate surface area is 257 Å². The second-order valence-corrected chi connectivity index (χ2v) is 14.8. The molecule has 0 bridgehead atoms. The lowest BCUT2D eigenvalue weighted by molar-refractivity contribution is -0.125. The van der Waals surface area contributed by atoms with Gasteiger partial charge >= 0.3 is 0 Å². The van der Waals surface area contributed by atoms with Crippen LogP contribution in [0.2, 0.25) is 0 Å². The third-order valence-electron chi connectivity index (χ3n) is 9.46. The van der Waals surface area contributed by atoms with E-state index in [1.165, 1.54) is 0 Å². The fourth-order valence-electron chi connectivity index (χ4n) is 7.07. The van der Waals surface area contributed by atoms with Crippen molar-refractivity contribution in [3.8, 4) is 0 Å². The van der Waals surface area contributed by atoms with Crippen LogP contribution in [0.5, 0.6) is 0 Å². The molecule has 2 saturated carbocycles. The Kier molecular flexibility index (Phi) is 13.5. The zero-order valence-electron chi connectivity index (χ0n) is 26.6. The van der Waals surface area contributed by atoms with Crippen LogP contribution in [-0.2, 0) is 9.53 Å². The number of alkyl halides is 4. The standard InChI is InChI=1S/C33H55ClF3N3O2/c1-7-8-21-9-10-22(24-15-25(35)19-26(36)16-24)17-27(14-21)39-32(38-20(2)13-30(42-6)33(3,4)5)40-31(41)23-11-12-28(34)29(37)18-23/h9-10,20-30H,7-8,11-19H2,1-6H3,(H2,38,39,40,41). The van der Waals surface area contributed by atoms with E-state index in [-0.39, 0.29) is 54.2 Å². The van der Waals surface area contributed by atoms with Crippen LogP contribution < -0.4 is 10.6 Å². The smallest absolute Gasteiger partial charge is 0.229 e. The quantitative estimate of drug-likeness (QED) is 0.120. The number of guanidine groups is 1. The summed E-state index contributed by atoms with van der Waals surface area (Å²) in [6, 6.07) is -0.201. The first-order valence-electron chi connectivity index (χ1n) is 16.2. The zero-order valence-corrected chi connectivity index (χ0v) is 27.3. The number of allylic oxidation sites excluding steroid dienone is 2. The first-order chi connectivity index (χ1) is 19.8. The van der Waals surface area contributed by atoms with Crippen molar-refractivity contribution in [2.75, 3.05) is 7.11 Å². The highest BCUT2D eigenvalue weighted by Crippen LogP contribution is 2.39. The highest BCUT2D eigenvalue weighted by atomic mass is 35.5. The second-order valence-electron chi connectivity index (χ2n) is 14.3. The summed E-state index contributed by atoms with van der Waals surface area (Å²) >= 11 is 6.08. The number of hydrogen-bond donors (Lipinski definition) is 2. The maximum Gasteiger partial charge on any atom is 0.229 e. The molecule has 10 atom stereocenters. The lowest BCUT2D eigenvalue weighted by Gasteiger charge is -2.33. The van der Waals surface area contributed by atoms with Gasteiger partial charge in [-0.1, -0.05) is 46.3 Å². The topological polar surface area (TPSA) is 62.7 Å². The van der Waals surface area contributed by atoms with Gasteiger partial charge in [-0.05, 0) is 87.9 Å². The molecular formula is C33H55ClF3N3O2. The summed E-state index contributed by atoms with van der Waals surface area (Å²) in [5, 5.41) is 5.91. The molecule has 242 valence electrons. The Bertz CT molecular complexity index is 903. The van der Waals surface area contributed by atoms with Gasteiger partial charge in [0, 0.05) is 25.5 Å². The Morgan fingerprint density at radius 1 is 1.05 bits per heavy atom. The molecule has 3 aliphatic carbocycles. The molecule has 10 unspecified atom stereocenters. The maximum absolute atomic E-state index is 14.4. The van der Waals surface area contributed by atoms with Crippen molar-refractivity contribution in [1.82, 2.24) is 10.6 Å². The van der Waals surface area contributed by atoms with Crippen LogP contribution in [0.15, 0.2) is 17.1 Å².